The molecule has 7 nitrogen and oxygen atoms in total. The molecule has 0 atom stereocenters. The van der Waals surface area contributed by atoms with E-state index >= 15 is 0 Å². The molecule has 8 heteroatoms. The Hall–Kier alpha value is -7.51. The molecular formula is C67H56IrN7. The molecule has 4 aromatic carbocycles. The van der Waals surface area contributed by atoms with Crippen LogP contribution in [0.1, 0.15) is 103 Å². The van der Waals surface area contributed by atoms with Gasteiger partial charge in [0.15, 0.2) is 0 Å². The smallest absolute Gasteiger partial charge is 0.356 e. The van der Waals surface area contributed by atoms with Crippen LogP contribution in [-0.2, 0) is 43.8 Å². The van der Waals surface area contributed by atoms with Gasteiger partial charge in [0.25, 0.3) is 0 Å². The summed E-state index contributed by atoms with van der Waals surface area (Å²) in [5.74, 6) is -0.0359. The first-order valence-corrected chi connectivity index (χ1v) is 25.6. The van der Waals surface area contributed by atoms with Crippen LogP contribution in [0.4, 0.5) is 0 Å². The molecule has 368 valence electrons. The first-order valence-electron chi connectivity index (χ1n) is 30.1. The monoisotopic (exact) mass is 1160 g/mol. The minimum Gasteiger partial charge on any atom is -0.356 e. The Morgan fingerprint density at radius 3 is 1.65 bits per heavy atom. The number of hydrogen-bond acceptors (Lipinski definition) is 6. The van der Waals surface area contributed by atoms with Crippen molar-refractivity contribution in [2.24, 2.45) is 0 Å². The minimum atomic E-state index is -2.52. The second-order valence-corrected chi connectivity index (χ2v) is 20.4. The Labute approximate surface area is 465 Å². The Morgan fingerprint density at radius 2 is 1.11 bits per heavy atom. The van der Waals surface area contributed by atoms with Crippen LogP contribution in [0.25, 0.3) is 83.2 Å². The first kappa shape index (κ1) is 39.0. The second kappa shape index (κ2) is 20.0. The standard InChI is InChI=1S/C67H56N7.Ir/c1-44-17-23-58(70-39-44)51-20-25-62(72-41-51)66(28-9-10-29-66)37-47-33-48(38-67(30-11-12-31-67)63-26-21-52(42-73-63)59-24-18-45(2)40-71-59)35-53(34-47)55-16-8-7-15-54(55)50-19-22-57-60(36-50)74-46(3)69-43-61(74)64-56(27-32-68-65(57)64)49-13-5-4-6-14-49;/h4-8,13-19,23-27,32-36,39-43H,9-12,28-31,37-38H2,1-3H3;/q-3;+3/i1D3,2D3,3D3;. The fraction of sp³-hybridized carbons (Fsp3) is 0.224. The van der Waals surface area contributed by atoms with Crippen LogP contribution in [0.5, 0.6) is 0 Å². The summed E-state index contributed by atoms with van der Waals surface area (Å²) in [7, 11) is 0. The summed E-state index contributed by atoms with van der Waals surface area (Å²) in [5, 5.41) is 1.49. The zero-order valence-electron chi connectivity index (χ0n) is 50.1. The summed E-state index contributed by atoms with van der Waals surface area (Å²) in [5.41, 5.74) is 14.4. The van der Waals surface area contributed by atoms with Gasteiger partial charge in [-0.05, 0) is 160 Å². The number of rotatable bonds is 11. The number of hydrogen-bond donors (Lipinski definition) is 0. The van der Waals surface area contributed by atoms with Gasteiger partial charge in [-0.15, -0.1) is 59.0 Å². The van der Waals surface area contributed by atoms with E-state index in [9.17, 15) is 0 Å². The molecule has 11 aromatic rings. The second-order valence-electron chi connectivity index (χ2n) is 20.4. The van der Waals surface area contributed by atoms with E-state index in [-0.39, 0.29) is 47.9 Å². The SMILES string of the molecule is [2H]C([2H])([2H])c1ccc(-c2[c-]cc(C3(Cc4cc(CC5(c6c[c-]c(-c7ccc(C([2H])([2H])[2H])cn7)cn6)CCCC5)cc(-c5ccccc5-c5c[c-]c6c7nccc(-c8ccccc8)c7c7cnc(C([2H])([2H])[2H])n7c6c5)c4)CCCC3)nc2)nc1.[Ir+3]. The Morgan fingerprint density at radius 1 is 0.507 bits per heavy atom. The third kappa shape index (κ3) is 8.98. The Balaban J connectivity index is 0.00000694. The maximum atomic E-state index is 8.69. The van der Waals surface area contributed by atoms with E-state index in [2.05, 4.69) is 75.6 Å². The predicted octanol–water partition coefficient (Wildman–Crippen LogP) is 15.4. The quantitative estimate of drug-likeness (QED) is 0.0948. The van der Waals surface area contributed by atoms with Crippen molar-refractivity contribution < 1.29 is 32.4 Å². The van der Waals surface area contributed by atoms with Crippen molar-refractivity contribution >= 4 is 27.3 Å². The van der Waals surface area contributed by atoms with Crippen LogP contribution in [0.2, 0.25) is 0 Å². The summed E-state index contributed by atoms with van der Waals surface area (Å²) in [6.07, 6.45) is 19.4. The molecule has 2 saturated carbocycles. The third-order valence-electron chi connectivity index (χ3n) is 15.8. The summed E-state index contributed by atoms with van der Waals surface area (Å²) in [6, 6.07) is 52.7. The first-order chi connectivity index (χ1) is 39.9. The molecule has 0 saturated heterocycles. The van der Waals surface area contributed by atoms with E-state index in [1.54, 1.807) is 41.1 Å². The fourth-order valence-electron chi connectivity index (χ4n) is 12.3. The van der Waals surface area contributed by atoms with Crippen LogP contribution in [0.15, 0.2) is 165 Å². The van der Waals surface area contributed by atoms with Crippen molar-refractivity contribution in [3.8, 4) is 55.9 Å². The van der Waals surface area contributed by atoms with E-state index in [1.165, 1.54) is 23.5 Å². The van der Waals surface area contributed by atoms with Crippen molar-refractivity contribution in [1.82, 2.24) is 34.3 Å². The number of nitrogens with zero attached hydrogens (tertiary/aromatic N) is 7. The molecule has 7 aromatic heterocycles. The summed E-state index contributed by atoms with van der Waals surface area (Å²) < 4.78 is 74.8. The molecule has 2 aliphatic rings. The van der Waals surface area contributed by atoms with Gasteiger partial charge in [0.1, 0.15) is 5.82 Å². The topological polar surface area (TPSA) is 81.8 Å². The number of fused-ring (bicyclic) bond motifs is 6. The normalized spacial score (nSPS) is 17.2. The van der Waals surface area contributed by atoms with Crippen LogP contribution >= 0.6 is 0 Å². The van der Waals surface area contributed by atoms with Gasteiger partial charge < -0.3 is 29.3 Å². The maximum absolute atomic E-state index is 8.69. The zero-order chi connectivity index (χ0) is 57.3. The van der Waals surface area contributed by atoms with Gasteiger partial charge in [0.05, 0.1) is 11.7 Å². The van der Waals surface area contributed by atoms with Gasteiger partial charge in [-0.1, -0.05) is 146 Å². The minimum absolute atomic E-state index is 0. The number of imidazole rings is 1. The number of aromatic nitrogens is 7. The van der Waals surface area contributed by atoms with Gasteiger partial charge in [-0.2, -0.15) is 0 Å². The van der Waals surface area contributed by atoms with E-state index < -0.39 is 20.6 Å². The zero-order valence-corrected chi connectivity index (χ0v) is 43.5. The largest absolute Gasteiger partial charge is 3.00 e. The van der Waals surface area contributed by atoms with E-state index in [4.69, 9.17) is 27.3 Å². The molecule has 13 rings (SSSR count). The van der Waals surface area contributed by atoms with Gasteiger partial charge in [-0.3, -0.25) is 0 Å². The number of benzene rings is 4. The summed E-state index contributed by atoms with van der Waals surface area (Å²) in [6.45, 7) is -7.02. The average molecular weight is 1160 g/mol. The van der Waals surface area contributed by atoms with Crippen molar-refractivity contribution in [2.75, 3.05) is 0 Å². The van der Waals surface area contributed by atoms with Crippen molar-refractivity contribution in [3.05, 3.63) is 222 Å². The van der Waals surface area contributed by atoms with Gasteiger partial charge in [-0.25, -0.2) is 4.98 Å². The van der Waals surface area contributed by atoms with Crippen LogP contribution in [-0.4, -0.2) is 34.3 Å². The van der Waals surface area contributed by atoms with Crippen molar-refractivity contribution in [2.45, 2.75) is 95.6 Å². The van der Waals surface area contributed by atoms with Crippen LogP contribution < -0.4 is 0 Å². The maximum Gasteiger partial charge on any atom is 3.00 e. The average Bonchev–Trinajstić information content (AvgIpc) is 1.50. The van der Waals surface area contributed by atoms with Gasteiger partial charge in [0.2, 0.25) is 0 Å². The van der Waals surface area contributed by atoms with Crippen LogP contribution in [0.3, 0.4) is 0 Å². The molecule has 0 N–H and O–H groups in total. The Kier molecular flexibility index (Phi) is 10.4. The molecule has 2 fully saturated rings. The fourth-order valence-corrected chi connectivity index (χ4v) is 12.3. The van der Waals surface area contributed by atoms with E-state index in [1.807, 2.05) is 73.1 Å². The molecule has 0 aliphatic heterocycles. The van der Waals surface area contributed by atoms with E-state index in [0.29, 0.717) is 44.5 Å². The third-order valence-corrected chi connectivity index (χ3v) is 15.8. The molecular weight excluding hydrogens is 1100 g/mol. The van der Waals surface area contributed by atoms with Crippen molar-refractivity contribution in [1.29, 1.82) is 0 Å². The Bertz CT molecular complexity index is 4070. The summed E-state index contributed by atoms with van der Waals surface area (Å²) in [4.78, 5) is 28.8. The number of aryl methyl sites for hydroxylation is 3. The van der Waals surface area contributed by atoms with Gasteiger partial charge >= 0.3 is 20.1 Å². The summed E-state index contributed by atoms with van der Waals surface area (Å²) >= 11 is 0. The molecule has 0 bridgehead atoms. The molecule has 75 heavy (non-hydrogen) atoms. The predicted molar refractivity (Wildman–Crippen MR) is 298 cm³/mol. The van der Waals surface area contributed by atoms with Crippen molar-refractivity contribution in [3.63, 3.8) is 0 Å². The molecule has 0 unspecified atom stereocenters. The molecule has 0 spiro atoms. The molecule has 0 amide bonds. The molecule has 2 aliphatic carbocycles. The van der Waals surface area contributed by atoms with E-state index in [0.717, 1.165) is 114 Å². The molecule has 7 heterocycles. The van der Waals surface area contributed by atoms with Gasteiger partial charge in [0, 0.05) is 30.9 Å². The molecule has 0 radical (unpaired) electrons. The number of pyridine rings is 6. The van der Waals surface area contributed by atoms with Crippen LogP contribution in [0, 0.1) is 38.8 Å².